The van der Waals surface area contributed by atoms with Crippen molar-refractivity contribution in [1.82, 2.24) is 4.90 Å². The summed E-state index contributed by atoms with van der Waals surface area (Å²) in [6.07, 6.45) is -7.07. The number of allylic oxidation sites excluding steroid dienone is 1. The van der Waals surface area contributed by atoms with Gasteiger partial charge in [0.15, 0.2) is 0 Å². The number of piperidine rings is 1. The highest BCUT2D eigenvalue weighted by molar-refractivity contribution is 7.46. The molecule has 1 fully saturated rings. The number of likely N-dealkylation sites (N-methyl/N-ethyl adjacent to an activating group) is 1. The van der Waals surface area contributed by atoms with Crippen LogP contribution >= 0.6 is 31.0 Å². The van der Waals surface area contributed by atoms with Crippen molar-refractivity contribution in [3.63, 3.8) is 0 Å². The highest BCUT2D eigenvalue weighted by atomic mass is 35.5. The van der Waals surface area contributed by atoms with Crippen LogP contribution in [0.1, 0.15) is 63.3 Å². The van der Waals surface area contributed by atoms with Gasteiger partial charge in [-0.1, -0.05) is 33.8 Å². The second-order valence-corrected chi connectivity index (χ2v) is 12.8. The molecule has 0 N–H and O–H groups in total. The smallest absolute Gasteiger partial charge is 0.372 e. The second-order valence-electron chi connectivity index (χ2n) is 9.34. The number of alkyl halides is 7. The zero-order valence-electron chi connectivity index (χ0n) is 21.1. The molecule has 5 atom stereocenters. The molecular weight excluding hydrogens is 550 g/mol. The van der Waals surface area contributed by atoms with Gasteiger partial charge >= 0.3 is 20.2 Å². The van der Waals surface area contributed by atoms with Crippen molar-refractivity contribution < 1.29 is 35.6 Å². The molecule has 0 aliphatic carbocycles. The third-order valence-corrected chi connectivity index (χ3v) is 8.13. The maximum Gasteiger partial charge on any atom is 0.416 e. The molecule has 206 valence electrons. The van der Waals surface area contributed by atoms with Crippen LogP contribution in [0.25, 0.3) is 0 Å². The van der Waals surface area contributed by atoms with Crippen molar-refractivity contribution in [2.45, 2.75) is 69.7 Å². The van der Waals surface area contributed by atoms with Crippen LogP contribution < -0.4 is 0 Å². The van der Waals surface area contributed by atoms with Crippen molar-refractivity contribution in [3.05, 3.63) is 46.0 Å². The van der Waals surface area contributed by atoms with Crippen molar-refractivity contribution in [2.75, 3.05) is 26.9 Å². The monoisotopic (exact) mass is 582 g/mol. The number of nitrogens with zero attached hydrogens (tertiary/aromatic N) is 1. The first-order valence-corrected chi connectivity index (χ1v) is 13.9. The normalized spacial score (nSPS) is 24.0. The van der Waals surface area contributed by atoms with E-state index < -0.39 is 37.4 Å². The Hall–Kier alpha value is -0.860. The van der Waals surface area contributed by atoms with Crippen LogP contribution in [0.15, 0.2) is 29.3 Å². The molecule has 2 rings (SSSR count). The van der Waals surface area contributed by atoms with Crippen LogP contribution in [-0.2, 0) is 21.7 Å². The first-order valence-electron chi connectivity index (χ1n) is 11.3. The fourth-order valence-corrected chi connectivity index (χ4v) is 3.79. The lowest BCUT2D eigenvalue weighted by Crippen LogP contribution is -2.52. The standard InChI is InChI=1S/C21H26ClF6NO.C3H7ClOP/c1-13(22)7-15-5-6-19(3,29(4)11-15)12-30-14(2)16-8-17(20(23,24)25)10-18(9-16)21(26,27)28;1-3(4)6(2)5/h7-10,14-15H,5-6,11-12H2,1-4H3;3H,1-2H3/q;+1/b13-7-;/t14-,15?,19-;/m1./s1. The van der Waals surface area contributed by atoms with E-state index >= 15 is 0 Å². The summed E-state index contributed by atoms with van der Waals surface area (Å²) in [5.74, 6) is 0.288. The van der Waals surface area contributed by atoms with E-state index in [1.54, 1.807) is 13.6 Å². The lowest BCUT2D eigenvalue weighted by atomic mass is 9.84. The number of halogens is 8. The maximum atomic E-state index is 13.1. The fraction of sp³-hybridized carbons (Fsp3) is 0.667. The van der Waals surface area contributed by atoms with Crippen LogP contribution in [-0.4, -0.2) is 42.4 Å². The van der Waals surface area contributed by atoms with Gasteiger partial charge in [0.25, 0.3) is 0 Å². The third-order valence-electron chi connectivity index (χ3n) is 6.17. The molecule has 1 saturated heterocycles. The molecule has 36 heavy (non-hydrogen) atoms. The Balaban J connectivity index is 0.000000960. The average molecular weight is 583 g/mol. The molecule has 0 radical (unpaired) electrons. The van der Waals surface area contributed by atoms with E-state index in [1.807, 2.05) is 27.0 Å². The lowest BCUT2D eigenvalue weighted by molar-refractivity contribution is -0.143. The minimum Gasteiger partial charge on any atom is -0.372 e. The van der Waals surface area contributed by atoms with E-state index in [4.69, 9.17) is 27.9 Å². The Labute approximate surface area is 219 Å². The van der Waals surface area contributed by atoms with Gasteiger partial charge < -0.3 is 4.74 Å². The van der Waals surface area contributed by atoms with Gasteiger partial charge in [-0.3, -0.25) is 4.90 Å². The van der Waals surface area contributed by atoms with Crippen LogP contribution in [0.5, 0.6) is 0 Å². The topological polar surface area (TPSA) is 29.5 Å². The third kappa shape index (κ3) is 10.5. The number of rotatable bonds is 6. The van der Waals surface area contributed by atoms with E-state index in [1.165, 1.54) is 6.92 Å². The average Bonchev–Trinajstić information content (AvgIpc) is 2.73. The van der Waals surface area contributed by atoms with Crippen LogP contribution in [0, 0.1) is 5.92 Å². The summed E-state index contributed by atoms with van der Waals surface area (Å²) in [6, 6.07) is 1.56. The van der Waals surface area contributed by atoms with Crippen molar-refractivity contribution >= 4 is 31.0 Å². The minimum atomic E-state index is -4.88. The summed E-state index contributed by atoms with van der Waals surface area (Å²) in [5, 5.41) is 0.548. The highest BCUT2D eigenvalue weighted by Crippen LogP contribution is 2.39. The molecule has 1 aromatic rings. The Bertz CT molecular complexity index is 887. The molecule has 0 amide bonds. The first-order chi connectivity index (χ1) is 16.3. The number of hydrogen-bond donors (Lipinski definition) is 0. The van der Waals surface area contributed by atoms with Crippen LogP contribution in [0.3, 0.4) is 0 Å². The summed E-state index contributed by atoms with van der Waals surface area (Å²) in [5.41, 5.74) is -3.21. The number of benzene rings is 1. The zero-order valence-corrected chi connectivity index (χ0v) is 23.5. The summed E-state index contributed by atoms with van der Waals surface area (Å²) in [7, 11) is 0.776. The molecule has 1 heterocycles. The number of ether oxygens (including phenoxy) is 1. The summed E-state index contributed by atoms with van der Waals surface area (Å²) >= 11 is 11.3. The predicted octanol–water partition coefficient (Wildman–Crippen LogP) is 9.07. The second kappa shape index (κ2) is 13.3. The van der Waals surface area contributed by atoms with Gasteiger partial charge in [-0.15, -0.1) is 0 Å². The van der Waals surface area contributed by atoms with Gasteiger partial charge in [0.1, 0.15) is 6.66 Å². The predicted molar refractivity (Wildman–Crippen MR) is 133 cm³/mol. The van der Waals surface area contributed by atoms with Crippen molar-refractivity contribution in [3.8, 4) is 0 Å². The lowest BCUT2D eigenvalue weighted by Gasteiger charge is -2.45. The number of likely N-dealkylation sites (tertiary alicyclic amines) is 1. The van der Waals surface area contributed by atoms with Crippen molar-refractivity contribution in [1.29, 1.82) is 0 Å². The maximum absolute atomic E-state index is 13.1. The van der Waals surface area contributed by atoms with Gasteiger partial charge in [-0.05, 0) is 77.3 Å². The molecule has 0 spiro atoms. The first kappa shape index (κ1) is 33.2. The van der Waals surface area contributed by atoms with Gasteiger partial charge in [-0.2, -0.15) is 26.3 Å². The van der Waals surface area contributed by atoms with Gasteiger partial charge in [-0.25, -0.2) is 0 Å². The Morgan fingerprint density at radius 1 is 1.19 bits per heavy atom. The molecule has 1 aromatic carbocycles. The summed E-state index contributed by atoms with van der Waals surface area (Å²) in [6.45, 7) is 9.50. The molecule has 0 bridgehead atoms. The summed E-state index contributed by atoms with van der Waals surface area (Å²) < 4.78 is 94.5. The molecule has 12 heteroatoms. The van der Waals surface area contributed by atoms with E-state index in [0.717, 1.165) is 31.5 Å². The van der Waals surface area contributed by atoms with E-state index in [9.17, 15) is 30.9 Å². The van der Waals surface area contributed by atoms with E-state index in [2.05, 4.69) is 4.90 Å². The highest BCUT2D eigenvalue weighted by Gasteiger charge is 2.38. The zero-order chi connectivity index (χ0) is 28.1. The molecule has 3 unspecified atom stereocenters. The SMILES string of the molecule is C/C(Cl)=C/C1CC[C@](C)(CO[C@H](C)c2cc(C(F)(F)F)cc(C(F)(F)F)c2)N(C)C1.CC(Cl)[P+](C)=O. The number of hydrogen-bond acceptors (Lipinski definition) is 3. The van der Waals surface area contributed by atoms with Gasteiger partial charge in [0, 0.05) is 17.1 Å². The van der Waals surface area contributed by atoms with E-state index in [0.29, 0.717) is 5.03 Å². The fourth-order valence-electron chi connectivity index (χ4n) is 3.61. The Morgan fingerprint density at radius 2 is 1.67 bits per heavy atom. The molecule has 0 saturated carbocycles. The minimum absolute atomic E-state index is 0.124. The largest absolute Gasteiger partial charge is 0.416 e. The molecule has 0 aromatic heterocycles. The van der Waals surface area contributed by atoms with Crippen LogP contribution in [0.2, 0.25) is 0 Å². The molecule has 1 aliphatic heterocycles. The Morgan fingerprint density at radius 3 is 2.03 bits per heavy atom. The summed E-state index contributed by atoms with van der Waals surface area (Å²) in [4.78, 5) is 2.09. The van der Waals surface area contributed by atoms with Crippen molar-refractivity contribution in [2.24, 2.45) is 5.92 Å². The quantitative estimate of drug-likeness (QED) is 0.190. The molecule has 3 nitrogen and oxygen atoms in total. The molecule has 1 aliphatic rings. The Kier molecular flexibility index (Phi) is 12.2. The van der Waals surface area contributed by atoms with Gasteiger partial charge in [0.2, 0.25) is 5.12 Å². The van der Waals surface area contributed by atoms with Crippen LogP contribution in [0.4, 0.5) is 26.3 Å². The van der Waals surface area contributed by atoms with Gasteiger partial charge in [0.05, 0.1) is 23.8 Å². The molecular formula is C24H33Cl2F6NO2P+. The van der Waals surface area contributed by atoms with E-state index in [-0.39, 0.29) is 34.8 Å².